The van der Waals surface area contributed by atoms with Crippen molar-refractivity contribution in [1.29, 1.82) is 0 Å². The normalized spacial score (nSPS) is 22.7. The molecule has 6 saturated heterocycles. The van der Waals surface area contributed by atoms with E-state index in [0.717, 1.165) is 98.6 Å². The van der Waals surface area contributed by atoms with Crippen LogP contribution in [0.3, 0.4) is 0 Å². The molecular formula is C93H109F8N21O6. The summed E-state index contributed by atoms with van der Waals surface area (Å²) in [7, 11) is 6.22. The summed E-state index contributed by atoms with van der Waals surface area (Å²) in [6.07, 6.45) is -0.445. The van der Waals surface area contributed by atoms with Crippen molar-refractivity contribution in [3.63, 3.8) is 0 Å². The molecule has 0 saturated carbocycles. The summed E-state index contributed by atoms with van der Waals surface area (Å²) in [4.78, 5) is 101. The van der Waals surface area contributed by atoms with E-state index >= 15 is 0 Å². The Kier molecular flexibility index (Phi) is 28.6. The lowest BCUT2D eigenvalue weighted by molar-refractivity contribution is -0.140. The van der Waals surface area contributed by atoms with Crippen LogP contribution in [0.2, 0.25) is 0 Å². The molecule has 0 spiro atoms. The molecule has 35 heteroatoms. The van der Waals surface area contributed by atoms with E-state index in [1.54, 1.807) is 14.7 Å². The van der Waals surface area contributed by atoms with E-state index in [4.69, 9.17) is 53.9 Å². The van der Waals surface area contributed by atoms with Crippen molar-refractivity contribution in [3.05, 3.63) is 208 Å². The molecule has 7 aromatic rings. The monoisotopic (exact) mass is 1770 g/mol. The molecule has 8 atom stereocenters. The number of likely N-dealkylation sites (tertiary alicyclic amines) is 3. The molecule has 0 radical (unpaired) electrons. The first-order chi connectivity index (χ1) is 61.4. The van der Waals surface area contributed by atoms with Gasteiger partial charge in [-0.1, -0.05) is 82.1 Å². The number of ether oxygens (including phenoxy) is 3. The predicted molar refractivity (Wildman–Crippen MR) is 472 cm³/mol. The van der Waals surface area contributed by atoms with Gasteiger partial charge in [0, 0.05) is 131 Å². The molecule has 16 rings (SSSR count). The van der Waals surface area contributed by atoms with E-state index in [1.807, 2.05) is 23.9 Å². The number of hydrogen-bond donors (Lipinski definition) is 0. The molecule has 3 aromatic heterocycles. The fraction of sp³-hybridized carbons (Fsp3) is 0.505. The molecule has 9 aliphatic rings. The number of hydrogen-bond acceptors (Lipinski definition) is 21. The molecule has 3 amide bonds. The zero-order valence-electron chi connectivity index (χ0n) is 73.2. The van der Waals surface area contributed by atoms with Crippen molar-refractivity contribution < 1.29 is 63.7 Å². The van der Waals surface area contributed by atoms with Crippen LogP contribution in [0.25, 0.3) is 25.3 Å². The highest BCUT2D eigenvalue weighted by molar-refractivity contribution is 5.94. The highest BCUT2D eigenvalue weighted by atomic mass is 19.4. The van der Waals surface area contributed by atoms with E-state index in [0.29, 0.717) is 145 Å². The van der Waals surface area contributed by atoms with Crippen molar-refractivity contribution in [3.8, 4) is 18.0 Å². The average molecular weight is 1770 g/mol. The number of anilines is 6. The van der Waals surface area contributed by atoms with E-state index in [-0.39, 0.29) is 117 Å². The van der Waals surface area contributed by atoms with Crippen LogP contribution in [0.5, 0.6) is 18.0 Å². The Bertz CT molecular complexity index is 5390. The Labute approximate surface area is 741 Å². The Morgan fingerprint density at radius 2 is 0.836 bits per heavy atom. The van der Waals surface area contributed by atoms with E-state index in [2.05, 4.69) is 139 Å². The summed E-state index contributed by atoms with van der Waals surface area (Å²) < 4.78 is 131. The third-order valence-electron chi connectivity index (χ3n) is 26.3. The molecule has 0 aliphatic carbocycles. The van der Waals surface area contributed by atoms with Crippen molar-refractivity contribution in [1.82, 2.24) is 59.3 Å². The first-order valence-electron chi connectivity index (χ1n) is 43.6. The zero-order chi connectivity index (χ0) is 91.0. The van der Waals surface area contributed by atoms with Gasteiger partial charge in [-0.05, 0) is 145 Å². The highest BCUT2D eigenvalue weighted by Gasteiger charge is 2.45. The van der Waals surface area contributed by atoms with Crippen LogP contribution < -0.4 is 43.6 Å². The number of rotatable bonds is 21. The minimum atomic E-state index is -4.87. The number of carbonyl (C=O) groups excluding carboxylic acids is 3. The largest absolute Gasteiger partial charge is 0.462 e. The summed E-state index contributed by atoms with van der Waals surface area (Å²) >= 11 is 0. The van der Waals surface area contributed by atoms with E-state index in [9.17, 15) is 49.5 Å². The van der Waals surface area contributed by atoms with Gasteiger partial charge < -0.3 is 72.8 Å². The van der Waals surface area contributed by atoms with Gasteiger partial charge in [0.25, 0.3) is 0 Å². The molecule has 678 valence electrons. The maximum absolute atomic E-state index is 14.4. The van der Waals surface area contributed by atoms with Gasteiger partial charge in [-0.3, -0.25) is 29.1 Å². The van der Waals surface area contributed by atoms with Gasteiger partial charge in [-0.2, -0.15) is 56.2 Å². The first-order valence-corrected chi connectivity index (χ1v) is 43.6. The second kappa shape index (κ2) is 39.7. The number of piperazine rings is 3. The van der Waals surface area contributed by atoms with Crippen LogP contribution in [0.1, 0.15) is 91.4 Å². The minimum absolute atomic E-state index is 0.00527. The number of carbonyl (C=O) groups is 3. The molecule has 128 heavy (non-hydrogen) atoms. The molecule has 6 fully saturated rings. The molecule has 27 nitrogen and oxygen atoms in total. The topological polar surface area (TPSA) is 208 Å². The van der Waals surface area contributed by atoms with Crippen LogP contribution in [0.15, 0.2) is 117 Å². The number of amides is 3. The fourth-order valence-corrected chi connectivity index (χ4v) is 19.5. The third-order valence-corrected chi connectivity index (χ3v) is 26.3. The summed E-state index contributed by atoms with van der Waals surface area (Å²) in [5.41, 5.74) is 2.56. The lowest BCUT2D eigenvalue weighted by Crippen LogP contribution is -2.56. The molecule has 0 bridgehead atoms. The van der Waals surface area contributed by atoms with Crippen molar-refractivity contribution >= 4 is 63.0 Å². The summed E-state index contributed by atoms with van der Waals surface area (Å²) in [6, 6.07) is 21.8. The molecular weight excluding hydrogens is 1660 g/mol. The quantitative estimate of drug-likeness (QED) is 0.0372. The highest BCUT2D eigenvalue weighted by Crippen LogP contribution is 2.45. The smallest absolute Gasteiger partial charge is 0.421 e. The van der Waals surface area contributed by atoms with Gasteiger partial charge in [0.1, 0.15) is 78.2 Å². The number of nitrogens with zero attached hydrogens (tertiary/aromatic N) is 21. The van der Waals surface area contributed by atoms with Crippen LogP contribution >= 0.6 is 0 Å². The van der Waals surface area contributed by atoms with Gasteiger partial charge in [-0.15, -0.1) is 0 Å². The Morgan fingerprint density at radius 1 is 0.469 bits per heavy atom. The SMILES string of the molecule is [C-]#[N+]CC1CN(c2nc(OC[C@@H]3C[C@H](C)CN3C)nc3c2CCN(c2cccc4ccccc24)C3)CCN1C(=O)C=C.[C-]#[N+]CC1CN(c2nc(OC[C@@]3(C)CCCN3C)nc3c2CCN(c2cccc(F)c2C(F)(F)F)C3)CCN1C(=O)C=C.[C-]#[N+]CC1CN(c2nc(OC[C@H]3C[C@H](C)CN3C)nc3c2CCN(c2cccc(F)c2C(F)(F)F)C3)CCN1C(=O)C=C. The second-order valence-electron chi connectivity index (χ2n) is 34.9. The number of benzene rings is 4. The standard InChI is InChI=1S/C33H39N7O2.2C30H35F4N7O2/c1-5-31(41)40-16-15-39(20-26(40)18-34-3)32-28-13-14-38(30-12-8-10-24-9-6-7-11-27(24)30)21-29(28)35-33(36-32)42-22-25-17-23(2)19-37(25)4;1-5-25(42)41-15-14-40(17-20(41)16-35-3)27-21-10-13-39(24-9-6-8-22(31)26(24)30(32,33)34)18-23(21)36-28(37-27)43-19-29(2)11-7-12-38(29)4;1-5-26(42)41-12-11-40(16-21(41)14-35-3)28-22-9-10-39(25-8-6-7-23(31)27(25)30(32,33)34)17-24(22)36-29(37-28)43-18-20-13-19(2)15-38(20)4/h5-12,23,25-26H,1,13-22H2,2,4H3;5-6,8-9,20H,1,7,10-19H2,2,4H3;5-8,19-21H,1,9-18H2,2,4H3/t23-,25-,26?;20?,29-;19-,20+,21?/m010/s1. The fourth-order valence-electron chi connectivity index (χ4n) is 19.5. The number of likely N-dealkylation sites (N-methyl/N-ethyl adjacent to an activating group) is 3. The van der Waals surface area contributed by atoms with Gasteiger partial charge in [0.05, 0.1) is 53.6 Å². The zero-order valence-corrected chi connectivity index (χ0v) is 73.2. The minimum Gasteiger partial charge on any atom is -0.462 e. The van der Waals surface area contributed by atoms with Crippen LogP contribution in [-0.4, -0.2) is 272 Å². The molecule has 12 heterocycles. The van der Waals surface area contributed by atoms with Gasteiger partial charge in [0.15, 0.2) is 0 Å². The summed E-state index contributed by atoms with van der Waals surface area (Å²) in [6.45, 7) is 50.2. The van der Waals surface area contributed by atoms with E-state index in [1.165, 1.54) is 68.8 Å². The van der Waals surface area contributed by atoms with Crippen LogP contribution in [0.4, 0.5) is 69.6 Å². The van der Waals surface area contributed by atoms with Crippen LogP contribution in [-0.2, 0) is 65.6 Å². The Morgan fingerprint density at radius 3 is 1.20 bits per heavy atom. The maximum atomic E-state index is 14.4. The van der Waals surface area contributed by atoms with Gasteiger partial charge in [-0.25, -0.2) is 28.5 Å². The lowest BCUT2D eigenvalue weighted by Gasteiger charge is -2.41. The first kappa shape index (κ1) is 92.2. The molecule has 4 aromatic carbocycles. The Balaban J connectivity index is 0.000000155. The molecule has 0 N–H and O–H groups in total. The number of fused-ring (bicyclic) bond motifs is 4. The summed E-state index contributed by atoms with van der Waals surface area (Å²) in [5.74, 6) is -0.0541. The predicted octanol–water partition coefficient (Wildman–Crippen LogP) is 12.3. The Hall–Kier alpha value is -12.0. The molecule has 3 unspecified atom stereocenters. The molecule has 9 aliphatic heterocycles. The van der Waals surface area contributed by atoms with Crippen molar-refractivity contribution in [2.24, 2.45) is 11.8 Å². The number of aromatic nitrogens is 6. The van der Waals surface area contributed by atoms with Crippen molar-refractivity contribution in [2.45, 2.75) is 133 Å². The third kappa shape index (κ3) is 20.4. The average Bonchev–Trinajstić information content (AvgIpc) is 0.776. The summed E-state index contributed by atoms with van der Waals surface area (Å²) in [5, 5.41) is 2.46. The van der Waals surface area contributed by atoms with Crippen LogP contribution in [0, 0.1) is 43.2 Å². The second-order valence-corrected chi connectivity index (χ2v) is 34.9. The van der Waals surface area contributed by atoms with E-state index < -0.39 is 35.1 Å². The van der Waals surface area contributed by atoms with Crippen molar-refractivity contribution in [2.75, 3.05) is 188 Å². The number of alkyl halides is 6. The number of halogens is 8. The lowest BCUT2D eigenvalue weighted by atomic mass is 10.0. The van der Waals surface area contributed by atoms with Gasteiger partial charge >= 0.3 is 30.4 Å². The maximum Gasteiger partial charge on any atom is 0.421 e. The van der Waals surface area contributed by atoms with Gasteiger partial charge in [0.2, 0.25) is 37.4 Å².